The Bertz CT molecular complexity index is 565. The molecule has 0 amide bonds. The van der Waals surface area contributed by atoms with E-state index in [1.165, 1.54) is 10.6 Å². The molecule has 0 aliphatic carbocycles. The van der Waals surface area contributed by atoms with Crippen LogP contribution in [0, 0.1) is 0 Å². The molecule has 1 aromatic heterocycles. The highest BCUT2D eigenvalue weighted by Crippen LogP contribution is 2.35. The average molecular weight is 260 g/mol. The van der Waals surface area contributed by atoms with Gasteiger partial charge in [0.25, 0.3) is 0 Å². The van der Waals surface area contributed by atoms with Crippen LogP contribution in [0.3, 0.4) is 0 Å². The van der Waals surface area contributed by atoms with Crippen LogP contribution in [0.5, 0.6) is 5.75 Å². The lowest BCUT2D eigenvalue weighted by Gasteiger charge is -2.23. The summed E-state index contributed by atoms with van der Waals surface area (Å²) in [5.74, 6) is 0.316. The predicted molar refractivity (Wildman–Crippen MR) is 73.9 cm³/mol. The maximum Gasteiger partial charge on any atom is 0.127 e. The summed E-state index contributed by atoms with van der Waals surface area (Å²) in [6.07, 6.45) is 1.02. The maximum atomic E-state index is 9.88. The van der Waals surface area contributed by atoms with Gasteiger partial charge in [-0.2, -0.15) is 0 Å². The quantitative estimate of drug-likeness (QED) is 0.902. The summed E-state index contributed by atoms with van der Waals surface area (Å²) in [5, 5.41) is 10.8. The summed E-state index contributed by atoms with van der Waals surface area (Å²) in [4.78, 5) is 8.46. The number of para-hydroxylation sites is 1. The minimum absolute atomic E-state index is 0.316. The summed E-state index contributed by atoms with van der Waals surface area (Å²) in [6.45, 7) is 5.36. The summed E-state index contributed by atoms with van der Waals surface area (Å²) in [6, 6.07) is 7.42. The third-order valence-corrected chi connectivity index (χ3v) is 4.51. The molecule has 0 spiro atoms. The number of hydrogen-bond donors (Lipinski definition) is 1. The topological polar surface area (TPSA) is 36.4 Å². The molecule has 0 saturated heterocycles. The van der Waals surface area contributed by atoms with Crippen molar-refractivity contribution >= 4 is 11.3 Å². The van der Waals surface area contributed by atoms with Gasteiger partial charge in [0, 0.05) is 24.4 Å². The molecule has 0 bridgehead atoms. The van der Waals surface area contributed by atoms with Crippen molar-refractivity contribution in [3.8, 4) is 16.3 Å². The SMILES string of the molecule is CCN1CCc2nc(-c3ccccc3O)sc2C1. The molecule has 94 valence electrons. The predicted octanol–water partition coefficient (Wildman–Crippen LogP) is 2.89. The zero-order chi connectivity index (χ0) is 12.5. The molecule has 1 aliphatic rings. The Morgan fingerprint density at radius 1 is 1.39 bits per heavy atom. The highest BCUT2D eigenvalue weighted by atomic mass is 32.1. The van der Waals surface area contributed by atoms with E-state index in [2.05, 4.69) is 16.8 Å². The molecular formula is C14H16N2OS. The smallest absolute Gasteiger partial charge is 0.127 e. The monoisotopic (exact) mass is 260 g/mol. The van der Waals surface area contributed by atoms with Gasteiger partial charge in [-0.1, -0.05) is 19.1 Å². The van der Waals surface area contributed by atoms with Crippen molar-refractivity contribution in [1.29, 1.82) is 0 Å². The largest absolute Gasteiger partial charge is 0.507 e. The van der Waals surface area contributed by atoms with Crippen molar-refractivity contribution in [2.24, 2.45) is 0 Å². The lowest BCUT2D eigenvalue weighted by Crippen LogP contribution is -2.29. The van der Waals surface area contributed by atoms with Gasteiger partial charge in [-0.15, -0.1) is 11.3 Å². The van der Waals surface area contributed by atoms with Crippen LogP contribution in [0.2, 0.25) is 0 Å². The van der Waals surface area contributed by atoms with Gasteiger partial charge in [-0.3, -0.25) is 4.90 Å². The zero-order valence-corrected chi connectivity index (χ0v) is 11.2. The molecule has 1 aromatic carbocycles. The molecule has 4 heteroatoms. The minimum Gasteiger partial charge on any atom is -0.507 e. The second-order valence-electron chi connectivity index (χ2n) is 4.52. The zero-order valence-electron chi connectivity index (χ0n) is 10.4. The summed E-state index contributed by atoms with van der Waals surface area (Å²) in [7, 11) is 0. The van der Waals surface area contributed by atoms with Crippen molar-refractivity contribution < 1.29 is 5.11 Å². The fourth-order valence-electron chi connectivity index (χ4n) is 2.29. The molecule has 0 unspecified atom stereocenters. The van der Waals surface area contributed by atoms with Gasteiger partial charge in [0.15, 0.2) is 0 Å². The van der Waals surface area contributed by atoms with Crippen LogP contribution in [0.15, 0.2) is 24.3 Å². The number of fused-ring (bicyclic) bond motifs is 1. The lowest BCUT2D eigenvalue weighted by atomic mass is 10.2. The van der Waals surface area contributed by atoms with Gasteiger partial charge in [-0.25, -0.2) is 4.98 Å². The Labute approximate surface area is 111 Å². The number of nitrogens with zero attached hydrogens (tertiary/aromatic N) is 2. The van der Waals surface area contributed by atoms with E-state index < -0.39 is 0 Å². The summed E-state index contributed by atoms with van der Waals surface area (Å²) >= 11 is 1.71. The Balaban J connectivity index is 1.97. The number of rotatable bonds is 2. The second-order valence-corrected chi connectivity index (χ2v) is 5.61. The minimum atomic E-state index is 0.316. The van der Waals surface area contributed by atoms with Crippen molar-refractivity contribution in [3.63, 3.8) is 0 Å². The molecule has 18 heavy (non-hydrogen) atoms. The van der Waals surface area contributed by atoms with Gasteiger partial charge in [0.1, 0.15) is 10.8 Å². The first-order chi connectivity index (χ1) is 8.78. The molecule has 3 nitrogen and oxygen atoms in total. The van der Waals surface area contributed by atoms with Crippen molar-refractivity contribution in [3.05, 3.63) is 34.8 Å². The van der Waals surface area contributed by atoms with Crippen molar-refractivity contribution in [2.45, 2.75) is 19.9 Å². The van der Waals surface area contributed by atoms with E-state index in [0.29, 0.717) is 5.75 Å². The van der Waals surface area contributed by atoms with E-state index in [9.17, 15) is 5.11 Å². The van der Waals surface area contributed by atoms with Crippen LogP contribution in [-0.2, 0) is 13.0 Å². The maximum absolute atomic E-state index is 9.88. The van der Waals surface area contributed by atoms with Gasteiger partial charge in [0.2, 0.25) is 0 Å². The van der Waals surface area contributed by atoms with Crippen LogP contribution in [0.4, 0.5) is 0 Å². The van der Waals surface area contributed by atoms with Gasteiger partial charge in [0.05, 0.1) is 11.3 Å². The molecular weight excluding hydrogens is 244 g/mol. The van der Waals surface area contributed by atoms with E-state index in [1.54, 1.807) is 17.4 Å². The van der Waals surface area contributed by atoms with Gasteiger partial charge in [-0.05, 0) is 18.7 Å². The average Bonchev–Trinajstić information content (AvgIpc) is 2.81. The van der Waals surface area contributed by atoms with Crippen LogP contribution in [0.25, 0.3) is 10.6 Å². The molecule has 0 saturated carbocycles. The number of aromatic nitrogens is 1. The third kappa shape index (κ3) is 2.02. The third-order valence-electron chi connectivity index (χ3n) is 3.39. The summed E-state index contributed by atoms with van der Waals surface area (Å²) in [5.41, 5.74) is 2.06. The Morgan fingerprint density at radius 2 is 2.22 bits per heavy atom. The highest BCUT2D eigenvalue weighted by molar-refractivity contribution is 7.15. The van der Waals surface area contributed by atoms with Crippen LogP contribution < -0.4 is 0 Å². The molecule has 0 atom stereocenters. The number of phenolic OH excluding ortho intramolecular Hbond substituents is 1. The van der Waals surface area contributed by atoms with Crippen LogP contribution in [0.1, 0.15) is 17.5 Å². The fraction of sp³-hybridized carbons (Fsp3) is 0.357. The Kier molecular flexibility index (Phi) is 3.06. The number of phenols is 1. The lowest BCUT2D eigenvalue weighted by molar-refractivity contribution is 0.270. The molecule has 2 heterocycles. The number of aromatic hydroxyl groups is 1. The number of benzene rings is 1. The van der Waals surface area contributed by atoms with Gasteiger partial charge < -0.3 is 5.11 Å². The van der Waals surface area contributed by atoms with E-state index in [0.717, 1.165) is 36.6 Å². The van der Waals surface area contributed by atoms with Crippen LogP contribution in [-0.4, -0.2) is 28.1 Å². The first-order valence-electron chi connectivity index (χ1n) is 6.27. The van der Waals surface area contributed by atoms with E-state index in [-0.39, 0.29) is 0 Å². The summed E-state index contributed by atoms with van der Waals surface area (Å²) < 4.78 is 0. The Morgan fingerprint density at radius 3 is 3.00 bits per heavy atom. The Hall–Kier alpha value is -1.39. The first-order valence-corrected chi connectivity index (χ1v) is 7.09. The first kappa shape index (κ1) is 11.7. The van der Waals surface area contributed by atoms with E-state index >= 15 is 0 Å². The number of hydrogen-bond acceptors (Lipinski definition) is 4. The molecule has 0 radical (unpaired) electrons. The van der Waals surface area contributed by atoms with Crippen LogP contribution >= 0.6 is 11.3 Å². The molecule has 3 rings (SSSR count). The fourth-order valence-corrected chi connectivity index (χ4v) is 3.47. The standard InChI is InChI=1S/C14H16N2OS/c1-2-16-8-7-11-13(9-16)18-14(15-11)10-5-3-4-6-12(10)17/h3-6,17H,2,7-9H2,1H3. The van der Waals surface area contributed by atoms with Gasteiger partial charge >= 0.3 is 0 Å². The van der Waals surface area contributed by atoms with E-state index in [4.69, 9.17) is 0 Å². The molecule has 0 fully saturated rings. The second kappa shape index (κ2) is 4.71. The van der Waals surface area contributed by atoms with E-state index in [1.807, 2.05) is 18.2 Å². The number of likely N-dealkylation sites (N-methyl/N-ethyl adjacent to an activating group) is 1. The molecule has 1 N–H and O–H groups in total. The van der Waals surface area contributed by atoms with Crippen molar-refractivity contribution in [2.75, 3.05) is 13.1 Å². The van der Waals surface area contributed by atoms with Crippen molar-refractivity contribution in [1.82, 2.24) is 9.88 Å². The molecule has 1 aliphatic heterocycles. The molecule has 2 aromatic rings. The highest BCUT2D eigenvalue weighted by Gasteiger charge is 2.20. The normalized spacial score (nSPS) is 15.6. The number of thiazole rings is 1.